The monoisotopic (exact) mass is 337 g/mol. The summed E-state index contributed by atoms with van der Waals surface area (Å²) in [6.07, 6.45) is 3.61. The van der Waals surface area contributed by atoms with E-state index in [-0.39, 0.29) is 25.7 Å². The normalized spacial score (nSPS) is 12.2. The first-order chi connectivity index (χ1) is 12.3. The van der Waals surface area contributed by atoms with Crippen LogP contribution in [0.3, 0.4) is 0 Å². The van der Waals surface area contributed by atoms with E-state index in [2.05, 4.69) is 25.5 Å². The minimum Gasteiger partial charge on any atom is -0.454 e. The molecule has 1 aliphatic heterocycles. The van der Waals surface area contributed by atoms with Gasteiger partial charge >= 0.3 is 0 Å². The van der Waals surface area contributed by atoms with Gasteiger partial charge in [0.25, 0.3) is 0 Å². The topological polar surface area (TPSA) is 102 Å². The number of nitrogens with one attached hydrogen (secondary N) is 2. The van der Waals surface area contributed by atoms with Crippen LogP contribution >= 0.6 is 0 Å². The number of carbonyl (C=O) groups is 1. The predicted octanol–water partition coefficient (Wildman–Crippen LogP) is 1.45. The van der Waals surface area contributed by atoms with Gasteiger partial charge in [-0.15, -0.1) is 0 Å². The molecule has 4 rings (SSSR count). The molecule has 1 aliphatic rings. The van der Waals surface area contributed by atoms with Crippen molar-refractivity contribution < 1.29 is 14.3 Å². The van der Waals surface area contributed by atoms with Crippen molar-refractivity contribution in [1.29, 1.82) is 0 Å². The average Bonchev–Trinajstić information content (AvgIpc) is 3.30. The number of aromatic amines is 1. The van der Waals surface area contributed by atoms with Crippen LogP contribution in [-0.2, 0) is 17.8 Å². The molecule has 3 aromatic rings. The summed E-state index contributed by atoms with van der Waals surface area (Å²) in [5.41, 5.74) is 1.72. The molecule has 126 valence electrons. The highest BCUT2D eigenvalue weighted by Crippen LogP contribution is 2.32. The number of pyridine rings is 1. The molecule has 25 heavy (non-hydrogen) atoms. The fourth-order valence-electron chi connectivity index (χ4n) is 2.49. The van der Waals surface area contributed by atoms with Crippen molar-refractivity contribution in [3.8, 4) is 22.9 Å². The first kappa shape index (κ1) is 15.1. The fourth-order valence-corrected chi connectivity index (χ4v) is 2.49. The van der Waals surface area contributed by atoms with Crippen LogP contribution in [0.4, 0.5) is 0 Å². The average molecular weight is 337 g/mol. The lowest BCUT2D eigenvalue weighted by Gasteiger charge is -2.04. The quantitative estimate of drug-likeness (QED) is 0.731. The summed E-state index contributed by atoms with van der Waals surface area (Å²) in [4.78, 5) is 20.4. The number of hydrogen-bond acceptors (Lipinski definition) is 6. The van der Waals surface area contributed by atoms with E-state index in [9.17, 15) is 4.79 Å². The van der Waals surface area contributed by atoms with Crippen LogP contribution in [0, 0.1) is 0 Å². The summed E-state index contributed by atoms with van der Waals surface area (Å²) in [6.45, 7) is 0.498. The number of hydrogen-bond donors (Lipinski definition) is 2. The van der Waals surface area contributed by atoms with Crippen molar-refractivity contribution >= 4 is 5.91 Å². The molecule has 8 heteroatoms. The molecule has 2 N–H and O–H groups in total. The molecule has 0 radical (unpaired) electrons. The van der Waals surface area contributed by atoms with Crippen LogP contribution in [0.15, 0.2) is 42.7 Å². The van der Waals surface area contributed by atoms with E-state index in [1.165, 1.54) is 0 Å². The van der Waals surface area contributed by atoms with Gasteiger partial charge in [0.2, 0.25) is 12.7 Å². The molecule has 1 amide bonds. The van der Waals surface area contributed by atoms with E-state index in [0.717, 1.165) is 11.1 Å². The molecule has 0 aliphatic carbocycles. The molecule has 1 aromatic carbocycles. The van der Waals surface area contributed by atoms with Crippen LogP contribution in [0.25, 0.3) is 11.4 Å². The van der Waals surface area contributed by atoms with Gasteiger partial charge in [-0.3, -0.25) is 14.9 Å². The fraction of sp³-hybridized carbons (Fsp3) is 0.176. The Kier molecular flexibility index (Phi) is 3.99. The van der Waals surface area contributed by atoms with E-state index in [4.69, 9.17) is 9.47 Å². The molecule has 0 atom stereocenters. The van der Waals surface area contributed by atoms with Crippen molar-refractivity contribution in [2.75, 3.05) is 6.79 Å². The lowest BCUT2D eigenvalue weighted by molar-refractivity contribution is -0.120. The zero-order valence-corrected chi connectivity index (χ0v) is 13.2. The second-order valence-corrected chi connectivity index (χ2v) is 5.48. The van der Waals surface area contributed by atoms with Gasteiger partial charge in [-0.1, -0.05) is 6.07 Å². The van der Waals surface area contributed by atoms with E-state index in [0.29, 0.717) is 23.1 Å². The number of aromatic nitrogens is 4. The van der Waals surface area contributed by atoms with Crippen LogP contribution in [0.1, 0.15) is 11.4 Å². The Morgan fingerprint density at radius 3 is 2.88 bits per heavy atom. The van der Waals surface area contributed by atoms with Crippen LogP contribution in [0.2, 0.25) is 0 Å². The van der Waals surface area contributed by atoms with Gasteiger partial charge in [-0.25, -0.2) is 4.98 Å². The number of amides is 1. The Balaban J connectivity index is 1.34. The third-order valence-electron chi connectivity index (χ3n) is 3.72. The van der Waals surface area contributed by atoms with Crippen molar-refractivity contribution in [2.24, 2.45) is 0 Å². The molecule has 0 saturated carbocycles. The predicted molar refractivity (Wildman–Crippen MR) is 87.7 cm³/mol. The minimum absolute atomic E-state index is 0.110. The van der Waals surface area contributed by atoms with E-state index in [1.807, 2.05) is 30.3 Å². The van der Waals surface area contributed by atoms with Gasteiger partial charge in [0.1, 0.15) is 5.82 Å². The largest absolute Gasteiger partial charge is 0.454 e. The van der Waals surface area contributed by atoms with Crippen molar-refractivity contribution in [1.82, 2.24) is 25.5 Å². The molecule has 0 unspecified atom stereocenters. The van der Waals surface area contributed by atoms with Gasteiger partial charge in [0.15, 0.2) is 17.3 Å². The first-order valence-electron chi connectivity index (χ1n) is 7.75. The molecule has 8 nitrogen and oxygen atoms in total. The highest BCUT2D eigenvalue weighted by Gasteiger charge is 2.14. The molecule has 2 aromatic heterocycles. The molecular formula is C17H15N5O3. The van der Waals surface area contributed by atoms with Gasteiger partial charge < -0.3 is 14.8 Å². The summed E-state index contributed by atoms with van der Waals surface area (Å²) < 4.78 is 10.6. The molecule has 0 spiro atoms. The SMILES string of the molecule is O=C(Cc1ccc2c(c1)OCO2)NCc1nc(-c2ccncc2)n[nH]1. The van der Waals surface area contributed by atoms with Gasteiger partial charge in [0, 0.05) is 18.0 Å². The highest BCUT2D eigenvalue weighted by atomic mass is 16.7. The molecule has 3 heterocycles. The van der Waals surface area contributed by atoms with Crippen LogP contribution in [-0.4, -0.2) is 32.9 Å². The highest BCUT2D eigenvalue weighted by molar-refractivity contribution is 5.78. The molecule has 0 bridgehead atoms. The number of benzene rings is 1. The second kappa shape index (κ2) is 6.60. The van der Waals surface area contributed by atoms with E-state index < -0.39 is 0 Å². The zero-order chi connectivity index (χ0) is 17.1. The Morgan fingerprint density at radius 1 is 1.16 bits per heavy atom. The van der Waals surface area contributed by atoms with Crippen molar-refractivity contribution in [3.05, 3.63) is 54.1 Å². The number of H-pyrrole nitrogens is 1. The smallest absolute Gasteiger partial charge is 0.231 e. The lowest BCUT2D eigenvalue weighted by Crippen LogP contribution is -2.25. The van der Waals surface area contributed by atoms with E-state index >= 15 is 0 Å². The van der Waals surface area contributed by atoms with E-state index in [1.54, 1.807) is 12.4 Å². The van der Waals surface area contributed by atoms with Crippen molar-refractivity contribution in [3.63, 3.8) is 0 Å². The maximum Gasteiger partial charge on any atom is 0.231 e. The number of fused-ring (bicyclic) bond motifs is 1. The molecule has 0 fully saturated rings. The second-order valence-electron chi connectivity index (χ2n) is 5.48. The Bertz CT molecular complexity index is 894. The Labute approximate surface area is 143 Å². The Hall–Kier alpha value is -3.42. The minimum atomic E-state index is -0.110. The summed E-state index contributed by atoms with van der Waals surface area (Å²) in [6, 6.07) is 9.12. The Morgan fingerprint density at radius 2 is 2.00 bits per heavy atom. The summed E-state index contributed by atoms with van der Waals surface area (Å²) in [7, 11) is 0. The maximum absolute atomic E-state index is 12.1. The third kappa shape index (κ3) is 3.42. The maximum atomic E-state index is 12.1. The van der Waals surface area contributed by atoms with Gasteiger partial charge in [-0.05, 0) is 29.8 Å². The zero-order valence-electron chi connectivity index (χ0n) is 13.2. The molecular weight excluding hydrogens is 322 g/mol. The van der Waals surface area contributed by atoms with Crippen LogP contribution < -0.4 is 14.8 Å². The van der Waals surface area contributed by atoms with Crippen LogP contribution in [0.5, 0.6) is 11.5 Å². The number of ether oxygens (including phenoxy) is 2. The summed E-state index contributed by atoms with van der Waals surface area (Å²) in [5.74, 6) is 2.42. The van der Waals surface area contributed by atoms with Crippen molar-refractivity contribution in [2.45, 2.75) is 13.0 Å². The summed E-state index contributed by atoms with van der Waals surface area (Å²) >= 11 is 0. The molecule has 0 saturated heterocycles. The first-order valence-corrected chi connectivity index (χ1v) is 7.75. The third-order valence-corrected chi connectivity index (χ3v) is 3.72. The number of carbonyl (C=O) groups excluding carboxylic acids is 1. The van der Waals surface area contributed by atoms with Gasteiger partial charge in [-0.2, -0.15) is 5.10 Å². The number of nitrogens with zero attached hydrogens (tertiary/aromatic N) is 3. The van der Waals surface area contributed by atoms with Gasteiger partial charge in [0.05, 0.1) is 13.0 Å². The standard InChI is InChI=1S/C17H15N5O3/c23-16(8-11-1-2-13-14(7-11)25-10-24-13)19-9-15-20-17(22-21-15)12-3-5-18-6-4-12/h1-7H,8-10H2,(H,19,23)(H,20,21,22). The summed E-state index contributed by atoms with van der Waals surface area (Å²) in [5, 5.41) is 9.79. The number of rotatable bonds is 5. The lowest BCUT2D eigenvalue weighted by atomic mass is 10.1.